The van der Waals surface area contributed by atoms with E-state index >= 15 is 0 Å². The van der Waals surface area contributed by atoms with Gasteiger partial charge in [0.2, 0.25) is 0 Å². The van der Waals surface area contributed by atoms with Gasteiger partial charge in [0, 0.05) is 36.5 Å². The van der Waals surface area contributed by atoms with E-state index in [1.807, 2.05) is 37.4 Å². The van der Waals surface area contributed by atoms with E-state index in [0.29, 0.717) is 0 Å². The molecule has 3 aromatic rings. The van der Waals surface area contributed by atoms with Crippen molar-refractivity contribution in [3.05, 3.63) is 48.2 Å². The Morgan fingerprint density at radius 1 is 0.917 bits per heavy atom. The van der Waals surface area contributed by atoms with Gasteiger partial charge in [-0.3, -0.25) is 9.59 Å². The SMILES string of the molecule is CC(=O)Oc1cc(C)c(-c2c[nH]c3ccccc23)cc1OC(C)=O. The van der Waals surface area contributed by atoms with Crippen LogP contribution in [0.15, 0.2) is 42.6 Å². The first-order valence-corrected chi connectivity index (χ1v) is 7.53. The second kappa shape index (κ2) is 6.20. The van der Waals surface area contributed by atoms with Crippen molar-refractivity contribution >= 4 is 22.8 Å². The summed E-state index contributed by atoms with van der Waals surface area (Å²) in [4.78, 5) is 25.9. The monoisotopic (exact) mass is 323 g/mol. The van der Waals surface area contributed by atoms with Gasteiger partial charge in [-0.2, -0.15) is 0 Å². The van der Waals surface area contributed by atoms with Crippen LogP contribution >= 0.6 is 0 Å². The Bertz CT molecular complexity index is 940. The van der Waals surface area contributed by atoms with E-state index in [0.717, 1.165) is 27.6 Å². The molecular weight excluding hydrogens is 306 g/mol. The van der Waals surface area contributed by atoms with Crippen LogP contribution in [0.5, 0.6) is 11.5 Å². The Balaban J connectivity index is 2.17. The first-order valence-electron chi connectivity index (χ1n) is 7.53. The molecule has 0 atom stereocenters. The quantitative estimate of drug-likeness (QED) is 0.584. The minimum absolute atomic E-state index is 0.226. The maximum atomic E-state index is 11.4. The highest BCUT2D eigenvalue weighted by atomic mass is 16.6. The fourth-order valence-corrected chi connectivity index (χ4v) is 2.72. The lowest BCUT2D eigenvalue weighted by atomic mass is 9.99. The van der Waals surface area contributed by atoms with Crippen LogP contribution in [-0.2, 0) is 9.59 Å². The van der Waals surface area contributed by atoms with Gasteiger partial charge in [0.1, 0.15) is 0 Å². The summed E-state index contributed by atoms with van der Waals surface area (Å²) in [6.45, 7) is 4.53. The van der Waals surface area contributed by atoms with E-state index in [4.69, 9.17) is 9.47 Å². The number of hydrogen-bond acceptors (Lipinski definition) is 4. The molecule has 1 N–H and O–H groups in total. The molecule has 5 heteroatoms. The van der Waals surface area contributed by atoms with Crippen molar-refractivity contribution in [3.63, 3.8) is 0 Å². The number of aromatic nitrogens is 1. The molecule has 0 bridgehead atoms. The maximum Gasteiger partial charge on any atom is 0.308 e. The molecule has 1 aromatic heterocycles. The molecular formula is C19H17NO4. The number of carbonyl (C=O) groups excluding carboxylic acids is 2. The summed E-state index contributed by atoms with van der Waals surface area (Å²) in [6.07, 6.45) is 1.91. The average molecular weight is 323 g/mol. The molecule has 0 unspecified atom stereocenters. The molecule has 0 aliphatic carbocycles. The third-order valence-corrected chi connectivity index (χ3v) is 3.68. The van der Waals surface area contributed by atoms with Crippen LogP contribution < -0.4 is 9.47 Å². The number of aromatic amines is 1. The van der Waals surface area contributed by atoms with Crippen molar-refractivity contribution in [1.82, 2.24) is 4.98 Å². The number of rotatable bonds is 3. The van der Waals surface area contributed by atoms with Gasteiger partial charge in [0.15, 0.2) is 11.5 Å². The summed E-state index contributed by atoms with van der Waals surface area (Å²) in [7, 11) is 0. The van der Waals surface area contributed by atoms with Crippen LogP contribution in [0.3, 0.4) is 0 Å². The number of esters is 2. The zero-order chi connectivity index (χ0) is 17.3. The van der Waals surface area contributed by atoms with Crippen molar-refractivity contribution in [2.45, 2.75) is 20.8 Å². The third-order valence-electron chi connectivity index (χ3n) is 3.68. The van der Waals surface area contributed by atoms with Crippen molar-refractivity contribution in [2.24, 2.45) is 0 Å². The Morgan fingerprint density at radius 3 is 2.21 bits per heavy atom. The molecule has 1 heterocycles. The molecule has 0 aliphatic heterocycles. The summed E-state index contributed by atoms with van der Waals surface area (Å²) < 4.78 is 10.4. The number of ether oxygens (including phenoxy) is 2. The van der Waals surface area contributed by atoms with Crippen LogP contribution in [0.1, 0.15) is 19.4 Å². The Hall–Kier alpha value is -3.08. The van der Waals surface area contributed by atoms with Crippen LogP contribution in [0.25, 0.3) is 22.0 Å². The lowest BCUT2D eigenvalue weighted by Gasteiger charge is -2.13. The van der Waals surface area contributed by atoms with E-state index in [1.165, 1.54) is 13.8 Å². The maximum absolute atomic E-state index is 11.4. The van der Waals surface area contributed by atoms with Gasteiger partial charge in [0.05, 0.1) is 0 Å². The van der Waals surface area contributed by atoms with E-state index in [1.54, 1.807) is 12.1 Å². The fraction of sp³-hybridized carbons (Fsp3) is 0.158. The van der Waals surface area contributed by atoms with E-state index in [9.17, 15) is 9.59 Å². The first kappa shape index (κ1) is 15.8. The summed E-state index contributed by atoms with van der Waals surface area (Å²) in [6, 6.07) is 11.4. The zero-order valence-electron chi connectivity index (χ0n) is 13.7. The van der Waals surface area contributed by atoms with E-state index in [2.05, 4.69) is 4.98 Å². The topological polar surface area (TPSA) is 68.4 Å². The van der Waals surface area contributed by atoms with Crippen molar-refractivity contribution in [1.29, 1.82) is 0 Å². The summed E-state index contributed by atoms with van der Waals surface area (Å²) >= 11 is 0. The summed E-state index contributed by atoms with van der Waals surface area (Å²) in [5.41, 5.74) is 3.82. The second-order valence-corrected chi connectivity index (χ2v) is 5.55. The van der Waals surface area contributed by atoms with Gasteiger partial charge in [0.25, 0.3) is 0 Å². The second-order valence-electron chi connectivity index (χ2n) is 5.55. The molecule has 0 aliphatic rings. The van der Waals surface area contributed by atoms with E-state index < -0.39 is 11.9 Å². The number of fused-ring (bicyclic) bond motifs is 1. The smallest absolute Gasteiger partial charge is 0.308 e. The highest BCUT2D eigenvalue weighted by Gasteiger charge is 2.16. The lowest BCUT2D eigenvalue weighted by molar-refractivity contribution is -0.134. The van der Waals surface area contributed by atoms with Crippen LogP contribution in [-0.4, -0.2) is 16.9 Å². The summed E-state index contributed by atoms with van der Waals surface area (Å²) in [5.74, 6) is -0.484. The van der Waals surface area contributed by atoms with Crippen LogP contribution in [0, 0.1) is 6.92 Å². The molecule has 5 nitrogen and oxygen atoms in total. The Labute approximate surface area is 139 Å². The van der Waals surface area contributed by atoms with Gasteiger partial charge in [-0.25, -0.2) is 0 Å². The van der Waals surface area contributed by atoms with Gasteiger partial charge >= 0.3 is 11.9 Å². The highest BCUT2D eigenvalue weighted by molar-refractivity contribution is 5.96. The van der Waals surface area contributed by atoms with Crippen LogP contribution in [0.2, 0.25) is 0 Å². The number of benzene rings is 2. The van der Waals surface area contributed by atoms with Crippen molar-refractivity contribution < 1.29 is 19.1 Å². The average Bonchev–Trinajstić information content (AvgIpc) is 2.93. The lowest BCUT2D eigenvalue weighted by Crippen LogP contribution is -2.07. The molecule has 3 rings (SSSR count). The first-order chi connectivity index (χ1) is 11.5. The molecule has 122 valence electrons. The Kier molecular flexibility index (Phi) is 4.08. The molecule has 2 aromatic carbocycles. The Morgan fingerprint density at radius 2 is 1.54 bits per heavy atom. The van der Waals surface area contributed by atoms with Crippen molar-refractivity contribution in [2.75, 3.05) is 0 Å². The number of H-pyrrole nitrogens is 1. The number of nitrogens with one attached hydrogen (secondary N) is 1. The summed E-state index contributed by atoms with van der Waals surface area (Å²) in [5, 5.41) is 1.06. The van der Waals surface area contributed by atoms with Gasteiger partial charge in [-0.05, 0) is 36.2 Å². The van der Waals surface area contributed by atoms with Gasteiger partial charge in [-0.1, -0.05) is 18.2 Å². The molecule has 0 spiro atoms. The van der Waals surface area contributed by atoms with Crippen LogP contribution in [0.4, 0.5) is 0 Å². The molecule has 0 saturated carbocycles. The predicted molar refractivity (Wildman–Crippen MR) is 91.1 cm³/mol. The number of hydrogen-bond donors (Lipinski definition) is 1. The number of para-hydroxylation sites is 1. The highest BCUT2D eigenvalue weighted by Crippen LogP contribution is 2.38. The minimum atomic E-state index is -0.475. The predicted octanol–water partition coefficient (Wildman–Crippen LogP) is 3.99. The molecule has 0 saturated heterocycles. The minimum Gasteiger partial charge on any atom is -0.423 e. The van der Waals surface area contributed by atoms with Crippen molar-refractivity contribution in [3.8, 4) is 22.6 Å². The fourth-order valence-electron chi connectivity index (χ4n) is 2.72. The molecule has 24 heavy (non-hydrogen) atoms. The third kappa shape index (κ3) is 3.01. The number of carbonyl (C=O) groups is 2. The normalized spacial score (nSPS) is 10.6. The largest absolute Gasteiger partial charge is 0.423 e. The van der Waals surface area contributed by atoms with Gasteiger partial charge < -0.3 is 14.5 Å². The van der Waals surface area contributed by atoms with Gasteiger partial charge in [-0.15, -0.1) is 0 Å². The number of aryl methyl sites for hydroxylation is 1. The molecule has 0 amide bonds. The molecule has 0 radical (unpaired) electrons. The zero-order valence-corrected chi connectivity index (χ0v) is 13.7. The molecule has 0 fully saturated rings. The van der Waals surface area contributed by atoms with E-state index in [-0.39, 0.29) is 11.5 Å². The standard InChI is InChI=1S/C19H17NO4/c1-11-8-18(23-12(2)21)19(24-13(3)22)9-15(11)16-10-20-17-7-5-4-6-14(16)17/h4-10,20H,1-3H3.